The van der Waals surface area contributed by atoms with Crippen molar-refractivity contribution in [3.63, 3.8) is 0 Å². The Morgan fingerprint density at radius 1 is 0.723 bits per heavy atom. The molecule has 252 valence electrons. The zero-order valence-corrected chi connectivity index (χ0v) is 28.5. The Kier molecular flexibility index (Phi) is 13.2. The van der Waals surface area contributed by atoms with E-state index < -0.39 is 11.6 Å². The van der Waals surface area contributed by atoms with Crippen molar-refractivity contribution in [1.82, 2.24) is 0 Å². The van der Waals surface area contributed by atoms with Crippen LogP contribution in [0.5, 0.6) is 5.75 Å². The number of hydrogen-bond donors (Lipinski definition) is 0. The summed E-state index contributed by atoms with van der Waals surface area (Å²) in [6.07, 6.45) is 24.7. The van der Waals surface area contributed by atoms with Crippen molar-refractivity contribution in [2.24, 2.45) is 17.8 Å². The van der Waals surface area contributed by atoms with Gasteiger partial charge in [0.25, 0.3) is 0 Å². The number of halogens is 3. The standard InChI is InChI=1S/C43H53F3O/c1-3-5-7-8-9-11-29-47-41-28-27-39(42(45)43(41)46)36-23-21-35(22-24-36)38-26-25-37(30-40(38)44)34-19-17-33(18-20-34)32-15-13-31(14-16-32)12-10-6-4-2/h4,6,19,21-28,30-33H,3,5,7-18,20,29H2,1-2H3. The molecule has 0 saturated heterocycles. The maximum Gasteiger partial charge on any atom is 0.201 e. The van der Waals surface area contributed by atoms with Crippen LogP contribution >= 0.6 is 0 Å². The SMILES string of the molecule is CC=CCCC1CCC(C2CC=C(c3ccc(-c4ccc(-c5ccc(OCCCCCCCC)c(F)c5F)cc4)c(F)c3)CC2)CC1. The van der Waals surface area contributed by atoms with Crippen LogP contribution < -0.4 is 4.74 Å². The summed E-state index contributed by atoms with van der Waals surface area (Å²) in [4.78, 5) is 0. The molecule has 47 heavy (non-hydrogen) atoms. The minimum atomic E-state index is -0.967. The summed E-state index contributed by atoms with van der Waals surface area (Å²) in [6, 6.07) is 15.6. The van der Waals surface area contributed by atoms with Gasteiger partial charge < -0.3 is 4.74 Å². The molecule has 0 spiro atoms. The third-order valence-electron chi connectivity index (χ3n) is 10.6. The normalized spacial score (nSPS) is 20.0. The lowest BCUT2D eigenvalue weighted by Gasteiger charge is -2.35. The van der Waals surface area contributed by atoms with Gasteiger partial charge in [0.2, 0.25) is 5.82 Å². The van der Waals surface area contributed by atoms with Gasteiger partial charge >= 0.3 is 0 Å². The molecule has 0 amide bonds. The first kappa shape index (κ1) is 35.0. The Labute approximate surface area is 281 Å². The van der Waals surface area contributed by atoms with Crippen LogP contribution in [0, 0.1) is 35.2 Å². The zero-order valence-electron chi connectivity index (χ0n) is 28.5. The second-order valence-corrected chi connectivity index (χ2v) is 13.8. The molecule has 0 heterocycles. The first-order valence-corrected chi connectivity index (χ1v) is 18.3. The molecule has 1 nitrogen and oxygen atoms in total. The van der Waals surface area contributed by atoms with Crippen LogP contribution in [-0.2, 0) is 0 Å². The minimum absolute atomic E-state index is 0.0551. The summed E-state index contributed by atoms with van der Waals surface area (Å²) in [5.41, 5.74) is 4.12. The Bertz CT molecular complexity index is 1480. The molecule has 2 aliphatic carbocycles. The molecule has 3 aromatic carbocycles. The molecule has 4 heteroatoms. The zero-order chi connectivity index (χ0) is 33.0. The van der Waals surface area contributed by atoms with Crippen LogP contribution in [0.2, 0.25) is 0 Å². The van der Waals surface area contributed by atoms with Crippen molar-refractivity contribution in [1.29, 1.82) is 0 Å². The first-order valence-electron chi connectivity index (χ1n) is 18.3. The van der Waals surface area contributed by atoms with Crippen LogP contribution in [-0.4, -0.2) is 6.61 Å². The van der Waals surface area contributed by atoms with E-state index >= 15 is 8.78 Å². The lowest BCUT2D eigenvalue weighted by Crippen LogP contribution is -2.23. The van der Waals surface area contributed by atoms with Gasteiger partial charge in [-0.25, -0.2) is 8.78 Å². The summed E-state index contributed by atoms with van der Waals surface area (Å²) in [7, 11) is 0. The third-order valence-corrected chi connectivity index (χ3v) is 10.6. The van der Waals surface area contributed by atoms with Crippen molar-refractivity contribution < 1.29 is 17.9 Å². The molecule has 2 aliphatic rings. The molecule has 0 bridgehead atoms. The molecule has 3 aromatic rings. The highest BCUT2D eigenvalue weighted by molar-refractivity contribution is 5.74. The van der Waals surface area contributed by atoms with Gasteiger partial charge in [-0.2, -0.15) is 4.39 Å². The summed E-state index contributed by atoms with van der Waals surface area (Å²) in [5, 5.41) is 0. The number of rotatable bonds is 15. The second-order valence-electron chi connectivity index (χ2n) is 13.8. The lowest BCUT2D eigenvalue weighted by atomic mass is 9.70. The number of hydrogen-bond acceptors (Lipinski definition) is 1. The molecule has 0 radical (unpaired) electrons. The van der Waals surface area contributed by atoms with Crippen LogP contribution in [0.3, 0.4) is 0 Å². The smallest absolute Gasteiger partial charge is 0.201 e. The Morgan fingerprint density at radius 2 is 1.40 bits per heavy atom. The molecule has 0 aliphatic heterocycles. The average molecular weight is 643 g/mol. The molecule has 1 fully saturated rings. The first-order chi connectivity index (χ1) is 23.0. The van der Waals surface area contributed by atoms with Gasteiger partial charge in [-0.1, -0.05) is 106 Å². The van der Waals surface area contributed by atoms with E-state index in [1.165, 1.54) is 75.8 Å². The third kappa shape index (κ3) is 9.42. The van der Waals surface area contributed by atoms with Gasteiger partial charge in [-0.15, -0.1) is 0 Å². The predicted octanol–water partition coefficient (Wildman–Crippen LogP) is 13.5. The van der Waals surface area contributed by atoms with Gasteiger partial charge in [0.05, 0.1) is 6.61 Å². The van der Waals surface area contributed by atoms with Crippen molar-refractivity contribution in [2.75, 3.05) is 6.61 Å². The Balaban J connectivity index is 1.15. The highest BCUT2D eigenvalue weighted by Crippen LogP contribution is 2.42. The Hall–Kier alpha value is -3.27. The van der Waals surface area contributed by atoms with E-state index in [0.717, 1.165) is 55.4 Å². The van der Waals surface area contributed by atoms with E-state index in [1.807, 2.05) is 12.1 Å². The maximum absolute atomic E-state index is 15.4. The summed E-state index contributed by atoms with van der Waals surface area (Å²) in [5.74, 6) is 0.267. The van der Waals surface area contributed by atoms with Gasteiger partial charge in [-0.3, -0.25) is 0 Å². The topological polar surface area (TPSA) is 9.23 Å². The Morgan fingerprint density at radius 3 is 2.09 bits per heavy atom. The summed E-state index contributed by atoms with van der Waals surface area (Å²) < 4.78 is 50.9. The molecular formula is C43H53F3O. The van der Waals surface area contributed by atoms with E-state index in [1.54, 1.807) is 36.4 Å². The van der Waals surface area contributed by atoms with Crippen molar-refractivity contribution in [2.45, 2.75) is 110 Å². The number of unbranched alkanes of at least 4 members (excludes halogenated alkanes) is 5. The predicted molar refractivity (Wildman–Crippen MR) is 191 cm³/mol. The van der Waals surface area contributed by atoms with E-state index in [0.29, 0.717) is 23.3 Å². The van der Waals surface area contributed by atoms with Crippen LogP contribution in [0.25, 0.3) is 27.8 Å². The van der Waals surface area contributed by atoms with E-state index in [2.05, 4.69) is 32.1 Å². The molecule has 1 unspecified atom stereocenters. The summed E-state index contributed by atoms with van der Waals surface area (Å²) >= 11 is 0. The van der Waals surface area contributed by atoms with E-state index in [9.17, 15) is 4.39 Å². The van der Waals surface area contributed by atoms with Crippen LogP contribution in [0.1, 0.15) is 116 Å². The van der Waals surface area contributed by atoms with Crippen molar-refractivity contribution in [3.05, 3.63) is 95.8 Å². The fourth-order valence-electron chi connectivity index (χ4n) is 7.70. The number of benzene rings is 3. The van der Waals surface area contributed by atoms with Crippen LogP contribution in [0.4, 0.5) is 13.2 Å². The van der Waals surface area contributed by atoms with Crippen LogP contribution in [0.15, 0.2) is 72.8 Å². The fraction of sp³-hybridized carbons (Fsp3) is 0.488. The van der Waals surface area contributed by atoms with Gasteiger partial charge in [0.15, 0.2) is 11.6 Å². The molecule has 0 aromatic heterocycles. The number of ether oxygens (including phenoxy) is 1. The maximum atomic E-state index is 15.4. The molecule has 5 rings (SSSR count). The summed E-state index contributed by atoms with van der Waals surface area (Å²) in [6.45, 7) is 4.65. The molecular weight excluding hydrogens is 589 g/mol. The quantitative estimate of drug-likeness (QED) is 0.118. The lowest BCUT2D eigenvalue weighted by molar-refractivity contribution is 0.190. The highest BCUT2D eigenvalue weighted by atomic mass is 19.2. The fourth-order valence-corrected chi connectivity index (χ4v) is 7.70. The second kappa shape index (κ2) is 17.8. The molecule has 1 saturated carbocycles. The van der Waals surface area contributed by atoms with E-state index in [4.69, 9.17) is 4.74 Å². The van der Waals surface area contributed by atoms with Crippen molar-refractivity contribution in [3.8, 4) is 28.0 Å². The van der Waals surface area contributed by atoms with Gasteiger partial charge in [0, 0.05) is 11.1 Å². The largest absolute Gasteiger partial charge is 0.490 e. The van der Waals surface area contributed by atoms with Gasteiger partial charge in [0.1, 0.15) is 5.82 Å². The monoisotopic (exact) mass is 642 g/mol. The molecule has 1 atom stereocenters. The highest BCUT2D eigenvalue weighted by Gasteiger charge is 2.28. The number of allylic oxidation sites excluding steroid dienone is 4. The molecule has 0 N–H and O–H groups in total. The van der Waals surface area contributed by atoms with E-state index in [-0.39, 0.29) is 17.1 Å². The van der Waals surface area contributed by atoms with Gasteiger partial charge in [-0.05, 0) is 117 Å². The van der Waals surface area contributed by atoms with Crippen molar-refractivity contribution >= 4 is 5.57 Å². The minimum Gasteiger partial charge on any atom is -0.490 e. The average Bonchev–Trinajstić information content (AvgIpc) is 3.10.